The van der Waals surface area contributed by atoms with Crippen molar-refractivity contribution in [1.82, 2.24) is 0 Å². The van der Waals surface area contributed by atoms with Crippen LogP contribution in [0.25, 0.3) is 0 Å². The molecule has 0 fully saturated rings. The highest BCUT2D eigenvalue weighted by Gasteiger charge is 2.28. The van der Waals surface area contributed by atoms with Gasteiger partial charge < -0.3 is 15.8 Å². The Morgan fingerprint density at radius 3 is 2.64 bits per heavy atom. The van der Waals surface area contributed by atoms with Crippen molar-refractivity contribution in [3.8, 4) is 5.75 Å². The van der Waals surface area contributed by atoms with Crippen LogP contribution in [0.5, 0.6) is 5.75 Å². The highest BCUT2D eigenvalue weighted by atomic mass is 19.4. The van der Waals surface area contributed by atoms with Gasteiger partial charge in [-0.3, -0.25) is 0 Å². The van der Waals surface area contributed by atoms with Crippen LogP contribution >= 0.6 is 0 Å². The number of rotatable bonds is 6. The molecule has 0 spiro atoms. The van der Waals surface area contributed by atoms with Gasteiger partial charge in [-0.15, -0.1) is 0 Å². The minimum atomic E-state index is -4.39. The van der Waals surface area contributed by atoms with Crippen molar-refractivity contribution in [3.05, 3.63) is 59.7 Å². The third-order valence-corrected chi connectivity index (χ3v) is 3.39. The number of nitrogens with zero attached hydrogens (tertiary/aromatic N) is 1. The van der Waals surface area contributed by atoms with Gasteiger partial charge in [0, 0.05) is 11.3 Å². The lowest BCUT2D eigenvalue weighted by molar-refractivity contribution is -0.153. The molecule has 0 radical (unpaired) electrons. The number of hydrogen-bond acceptors (Lipinski definition) is 2. The van der Waals surface area contributed by atoms with Crippen LogP contribution in [0.2, 0.25) is 0 Å². The predicted octanol–water partition coefficient (Wildman–Crippen LogP) is 4.12. The van der Waals surface area contributed by atoms with Crippen molar-refractivity contribution in [3.63, 3.8) is 0 Å². The Kier molecular flexibility index (Phi) is 6.27. The van der Waals surface area contributed by atoms with Crippen molar-refractivity contribution < 1.29 is 17.9 Å². The first kappa shape index (κ1) is 18.6. The first-order valence-corrected chi connectivity index (χ1v) is 7.80. The quantitative estimate of drug-likeness (QED) is 0.608. The second kappa shape index (κ2) is 8.41. The number of halogens is 3. The van der Waals surface area contributed by atoms with Gasteiger partial charge in [-0.25, -0.2) is 4.99 Å². The fourth-order valence-electron chi connectivity index (χ4n) is 2.16. The Bertz CT molecular complexity index is 730. The largest absolute Gasteiger partial charge is 0.484 e. The summed E-state index contributed by atoms with van der Waals surface area (Å²) in [6.07, 6.45) is -3.49. The lowest BCUT2D eigenvalue weighted by atomic mass is 10.1. The molecule has 0 aromatic heterocycles. The monoisotopic (exact) mass is 351 g/mol. The van der Waals surface area contributed by atoms with E-state index in [1.807, 2.05) is 24.3 Å². The molecule has 0 saturated carbocycles. The van der Waals surface area contributed by atoms with Crippen LogP contribution in [0.4, 0.5) is 18.9 Å². The summed E-state index contributed by atoms with van der Waals surface area (Å²) in [6.45, 7) is 0.819. The Labute approximate surface area is 144 Å². The second-order valence-corrected chi connectivity index (χ2v) is 5.39. The van der Waals surface area contributed by atoms with Crippen molar-refractivity contribution >= 4 is 11.6 Å². The minimum absolute atomic E-state index is 0.111. The van der Waals surface area contributed by atoms with Gasteiger partial charge in [-0.2, -0.15) is 13.2 Å². The van der Waals surface area contributed by atoms with Crippen LogP contribution in [0.1, 0.15) is 18.1 Å². The van der Waals surface area contributed by atoms with Crippen molar-refractivity contribution in [2.24, 2.45) is 10.7 Å². The number of nitrogens with one attached hydrogen (secondary N) is 1. The van der Waals surface area contributed by atoms with Crippen LogP contribution in [0.15, 0.2) is 53.5 Å². The molecule has 0 heterocycles. The first-order chi connectivity index (χ1) is 11.9. The van der Waals surface area contributed by atoms with Crippen molar-refractivity contribution in [1.29, 1.82) is 0 Å². The second-order valence-electron chi connectivity index (χ2n) is 5.39. The molecule has 0 atom stereocenters. The van der Waals surface area contributed by atoms with E-state index in [-0.39, 0.29) is 18.3 Å². The van der Waals surface area contributed by atoms with E-state index in [9.17, 15) is 13.2 Å². The zero-order valence-corrected chi connectivity index (χ0v) is 13.8. The van der Waals surface area contributed by atoms with Crippen LogP contribution in [-0.2, 0) is 13.0 Å². The Morgan fingerprint density at radius 1 is 1.16 bits per heavy atom. The summed E-state index contributed by atoms with van der Waals surface area (Å²) in [7, 11) is 0. The van der Waals surface area contributed by atoms with E-state index in [2.05, 4.69) is 17.2 Å². The zero-order valence-electron chi connectivity index (χ0n) is 13.8. The topological polar surface area (TPSA) is 59.6 Å². The minimum Gasteiger partial charge on any atom is -0.484 e. The van der Waals surface area contributed by atoms with Gasteiger partial charge in [0.05, 0.1) is 6.54 Å². The highest BCUT2D eigenvalue weighted by Crippen LogP contribution is 2.22. The van der Waals surface area contributed by atoms with E-state index in [0.717, 1.165) is 17.7 Å². The fourth-order valence-corrected chi connectivity index (χ4v) is 2.16. The van der Waals surface area contributed by atoms with Crippen LogP contribution < -0.4 is 15.8 Å². The molecular formula is C18H20F3N3O. The Balaban J connectivity index is 2.02. The lowest BCUT2D eigenvalue weighted by Gasteiger charge is -2.12. The van der Waals surface area contributed by atoms with E-state index in [1.54, 1.807) is 18.2 Å². The van der Waals surface area contributed by atoms with Gasteiger partial charge in [0.25, 0.3) is 0 Å². The maximum atomic E-state index is 12.3. The molecule has 2 rings (SSSR count). The molecule has 0 unspecified atom stereocenters. The Hall–Kier alpha value is -2.70. The number of nitrogens with two attached hydrogens (primary N) is 1. The molecule has 2 aromatic carbocycles. The summed E-state index contributed by atoms with van der Waals surface area (Å²) < 4.78 is 41.8. The molecule has 3 N–H and O–H groups in total. The van der Waals surface area contributed by atoms with E-state index in [0.29, 0.717) is 5.56 Å². The maximum Gasteiger partial charge on any atom is 0.422 e. The summed E-state index contributed by atoms with van der Waals surface area (Å²) in [5.41, 5.74) is 8.35. The van der Waals surface area contributed by atoms with Crippen molar-refractivity contribution in [2.75, 3.05) is 11.9 Å². The van der Waals surface area contributed by atoms with E-state index < -0.39 is 12.8 Å². The number of benzene rings is 2. The number of aliphatic imine (C=N–C) groups is 1. The third-order valence-electron chi connectivity index (χ3n) is 3.39. The highest BCUT2D eigenvalue weighted by molar-refractivity contribution is 5.92. The number of guanidine groups is 1. The summed E-state index contributed by atoms with van der Waals surface area (Å²) in [4.78, 5) is 4.17. The van der Waals surface area contributed by atoms with Gasteiger partial charge in [-0.1, -0.05) is 37.3 Å². The molecule has 7 heteroatoms. The molecule has 0 bridgehead atoms. The predicted molar refractivity (Wildman–Crippen MR) is 92.8 cm³/mol. The number of anilines is 1. The number of ether oxygens (including phenoxy) is 1. The molecule has 2 aromatic rings. The van der Waals surface area contributed by atoms with Gasteiger partial charge in [0.2, 0.25) is 0 Å². The normalized spacial score (nSPS) is 12.1. The summed E-state index contributed by atoms with van der Waals surface area (Å²) in [5, 5.41) is 2.97. The van der Waals surface area contributed by atoms with Gasteiger partial charge in [0.1, 0.15) is 5.75 Å². The average molecular weight is 351 g/mol. The number of alkyl halides is 3. The number of hydrogen-bond donors (Lipinski definition) is 2. The maximum absolute atomic E-state index is 12.3. The standard InChI is InChI=1S/C18H20F3N3O/c1-2-13-6-5-8-15(10-13)24-17(22)23-11-14-7-3-4-9-16(14)25-12-18(19,20)21/h3-10H,2,11-12H2,1H3,(H3,22,23,24). The molecule has 134 valence electrons. The third kappa shape index (κ3) is 6.37. The average Bonchev–Trinajstić information content (AvgIpc) is 2.58. The molecule has 0 aliphatic rings. The molecule has 0 aliphatic carbocycles. The molecule has 0 aliphatic heterocycles. The van der Waals surface area contributed by atoms with Gasteiger partial charge in [-0.05, 0) is 30.2 Å². The van der Waals surface area contributed by atoms with E-state index >= 15 is 0 Å². The SMILES string of the molecule is CCc1cccc(NC(N)=NCc2ccccc2OCC(F)(F)F)c1. The molecule has 0 saturated heterocycles. The van der Waals surface area contributed by atoms with Crippen LogP contribution in [0.3, 0.4) is 0 Å². The van der Waals surface area contributed by atoms with Crippen LogP contribution in [-0.4, -0.2) is 18.7 Å². The summed E-state index contributed by atoms with van der Waals surface area (Å²) in [6, 6.07) is 14.2. The molecule has 25 heavy (non-hydrogen) atoms. The summed E-state index contributed by atoms with van der Waals surface area (Å²) >= 11 is 0. The van der Waals surface area contributed by atoms with Crippen molar-refractivity contribution in [2.45, 2.75) is 26.1 Å². The summed E-state index contributed by atoms with van der Waals surface area (Å²) in [5.74, 6) is 0.322. The zero-order chi connectivity index (χ0) is 18.3. The van der Waals surface area contributed by atoms with E-state index in [1.165, 1.54) is 6.07 Å². The lowest BCUT2D eigenvalue weighted by Crippen LogP contribution is -2.23. The van der Waals surface area contributed by atoms with Gasteiger partial charge >= 0.3 is 6.18 Å². The first-order valence-electron chi connectivity index (χ1n) is 7.80. The molecule has 0 amide bonds. The smallest absolute Gasteiger partial charge is 0.422 e. The molecular weight excluding hydrogens is 331 g/mol. The Morgan fingerprint density at radius 2 is 1.92 bits per heavy atom. The van der Waals surface area contributed by atoms with E-state index in [4.69, 9.17) is 10.5 Å². The fraction of sp³-hybridized carbons (Fsp3) is 0.278. The number of aryl methyl sites for hydroxylation is 1. The number of para-hydroxylation sites is 1. The van der Waals surface area contributed by atoms with Crippen LogP contribution in [0, 0.1) is 0 Å². The molecule has 4 nitrogen and oxygen atoms in total. The van der Waals surface area contributed by atoms with Gasteiger partial charge in [0.15, 0.2) is 12.6 Å².